The van der Waals surface area contributed by atoms with Gasteiger partial charge >= 0.3 is 0 Å². The van der Waals surface area contributed by atoms with Gasteiger partial charge in [-0.25, -0.2) is 14.6 Å². The second-order valence-corrected chi connectivity index (χ2v) is 9.73. The second kappa shape index (κ2) is 10.1. The topological polar surface area (TPSA) is 85.6 Å². The van der Waals surface area contributed by atoms with E-state index in [0.29, 0.717) is 32.3 Å². The number of carbonyl (C=O) groups is 1. The number of hydrogen-bond donors (Lipinski definition) is 1. The predicted molar refractivity (Wildman–Crippen MR) is 136 cm³/mol. The average molecular weight is 513 g/mol. The van der Waals surface area contributed by atoms with Crippen molar-refractivity contribution in [3.8, 4) is 5.69 Å². The highest BCUT2D eigenvalue weighted by atomic mass is 35.5. The molecular weight excluding hydrogens is 491 g/mol. The molecule has 4 aromatic rings. The third-order valence-corrected chi connectivity index (χ3v) is 6.31. The lowest BCUT2D eigenvalue weighted by molar-refractivity contribution is 0.102. The third-order valence-electron chi connectivity index (χ3n) is 5.01. The van der Waals surface area contributed by atoms with Crippen LogP contribution in [-0.4, -0.2) is 30.9 Å². The van der Waals surface area contributed by atoms with E-state index in [4.69, 9.17) is 23.2 Å². The summed E-state index contributed by atoms with van der Waals surface area (Å²) in [5.74, 6) is 0.000258. The van der Waals surface area contributed by atoms with Crippen molar-refractivity contribution >= 4 is 46.6 Å². The summed E-state index contributed by atoms with van der Waals surface area (Å²) in [6.07, 6.45) is 0. The maximum atomic E-state index is 13.3. The van der Waals surface area contributed by atoms with Crippen molar-refractivity contribution in [2.24, 2.45) is 0 Å². The fourth-order valence-electron chi connectivity index (χ4n) is 3.42. The molecule has 0 aliphatic rings. The Hall–Kier alpha value is -2.94. The number of benzene rings is 2. The lowest BCUT2D eigenvalue weighted by atomic mass is 10.1. The number of nitrogens with one attached hydrogen (secondary N) is 1. The van der Waals surface area contributed by atoms with Gasteiger partial charge in [-0.15, -0.1) is 5.10 Å². The average Bonchev–Trinajstić information content (AvgIpc) is 3.17. The first-order valence-electron chi connectivity index (χ1n) is 10.4. The lowest BCUT2D eigenvalue weighted by Gasteiger charge is -2.11. The minimum absolute atomic E-state index is 0.203. The molecule has 2 aromatic heterocycles. The molecule has 0 saturated carbocycles. The van der Waals surface area contributed by atoms with Crippen LogP contribution in [0.25, 0.3) is 5.69 Å². The van der Waals surface area contributed by atoms with Gasteiger partial charge < -0.3 is 5.32 Å². The first-order chi connectivity index (χ1) is 16.2. The van der Waals surface area contributed by atoms with Gasteiger partial charge in [0, 0.05) is 32.9 Å². The highest BCUT2D eigenvalue weighted by molar-refractivity contribution is 7.98. The molecule has 174 valence electrons. The van der Waals surface area contributed by atoms with Crippen molar-refractivity contribution in [1.29, 1.82) is 0 Å². The smallest absolute Gasteiger partial charge is 0.278 e. The van der Waals surface area contributed by atoms with Gasteiger partial charge in [-0.2, -0.15) is 0 Å². The number of hydrogen-bond acceptors (Lipinski definition) is 6. The summed E-state index contributed by atoms with van der Waals surface area (Å²) in [5.41, 5.74) is 5.85. The minimum Gasteiger partial charge on any atom is -0.320 e. The molecule has 0 aliphatic carbocycles. The van der Waals surface area contributed by atoms with Crippen molar-refractivity contribution in [2.45, 2.75) is 38.6 Å². The van der Waals surface area contributed by atoms with Crippen molar-refractivity contribution in [3.05, 3.63) is 86.4 Å². The molecule has 34 heavy (non-hydrogen) atoms. The van der Waals surface area contributed by atoms with Crippen LogP contribution in [0, 0.1) is 27.7 Å². The zero-order chi connectivity index (χ0) is 24.4. The number of rotatable bonds is 6. The minimum atomic E-state index is -0.356. The molecule has 1 N–H and O–H groups in total. The molecule has 10 heteroatoms. The van der Waals surface area contributed by atoms with E-state index in [9.17, 15) is 4.79 Å². The van der Waals surface area contributed by atoms with Crippen LogP contribution in [0.5, 0.6) is 0 Å². The van der Waals surface area contributed by atoms with E-state index < -0.39 is 0 Å². The first kappa shape index (κ1) is 24.2. The van der Waals surface area contributed by atoms with Crippen molar-refractivity contribution in [1.82, 2.24) is 25.0 Å². The van der Waals surface area contributed by atoms with Crippen LogP contribution in [0.1, 0.15) is 38.7 Å². The quantitative estimate of drug-likeness (QED) is 0.246. The van der Waals surface area contributed by atoms with E-state index in [1.807, 2.05) is 52.0 Å². The molecule has 0 spiro atoms. The summed E-state index contributed by atoms with van der Waals surface area (Å²) >= 11 is 13.8. The van der Waals surface area contributed by atoms with Crippen molar-refractivity contribution in [2.75, 3.05) is 5.32 Å². The molecule has 0 fully saturated rings. The number of halogens is 2. The van der Waals surface area contributed by atoms with E-state index in [1.54, 1.807) is 22.9 Å². The van der Waals surface area contributed by atoms with Gasteiger partial charge in [-0.3, -0.25) is 4.79 Å². The van der Waals surface area contributed by atoms with Gasteiger partial charge in [-0.1, -0.05) is 52.3 Å². The molecule has 2 aromatic carbocycles. The van der Waals surface area contributed by atoms with Crippen LogP contribution >= 0.6 is 35.0 Å². The normalized spacial score (nSPS) is 11.0. The summed E-state index contributed by atoms with van der Waals surface area (Å²) in [7, 11) is 0. The summed E-state index contributed by atoms with van der Waals surface area (Å²) in [6.45, 7) is 7.75. The number of amides is 1. The Balaban J connectivity index is 1.72. The van der Waals surface area contributed by atoms with Gasteiger partial charge in [0.25, 0.3) is 5.91 Å². The number of aromatic nitrogens is 5. The first-order valence-corrected chi connectivity index (χ1v) is 12.2. The van der Waals surface area contributed by atoms with Crippen LogP contribution in [0.15, 0.2) is 47.6 Å². The number of nitrogens with zero attached hydrogens (tertiary/aromatic N) is 5. The Morgan fingerprint density at radius 2 is 1.65 bits per heavy atom. The zero-order valence-electron chi connectivity index (χ0n) is 19.1. The van der Waals surface area contributed by atoms with Gasteiger partial charge in [0.05, 0.1) is 11.4 Å². The fraction of sp³-hybridized carbons (Fsp3) is 0.208. The van der Waals surface area contributed by atoms with Crippen LogP contribution in [-0.2, 0) is 5.75 Å². The Bertz CT molecular complexity index is 1350. The molecule has 0 bridgehead atoms. The second-order valence-electron chi connectivity index (χ2n) is 7.92. The van der Waals surface area contributed by atoms with Gasteiger partial charge in [0.1, 0.15) is 0 Å². The van der Waals surface area contributed by atoms with E-state index in [0.717, 1.165) is 28.2 Å². The third kappa shape index (κ3) is 5.58. The Kier molecular flexibility index (Phi) is 7.21. The largest absolute Gasteiger partial charge is 0.320 e. The SMILES string of the molecule is Cc1ccc(C)c(NC(=O)c2nnn(-c3cc(Cl)cc(Cl)c3)c2CSc2nc(C)cc(C)n2)c1. The maximum absolute atomic E-state index is 13.3. The Morgan fingerprint density at radius 3 is 2.32 bits per heavy atom. The lowest BCUT2D eigenvalue weighted by Crippen LogP contribution is -2.16. The highest BCUT2D eigenvalue weighted by Gasteiger charge is 2.22. The van der Waals surface area contributed by atoms with Gasteiger partial charge in [0.15, 0.2) is 10.9 Å². The molecule has 0 radical (unpaired) electrons. The van der Waals surface area contributed by atoms with Gasteiger partial charge in [-0.05, 0) is 69.2 Å². The summed E-state index contributed by atoms with van der Waals surface area (Å²) < 4.78 is 1.57. The highest BCUT2D eigenvalue weighted by Crippen LogP contribution is 2.27. The maximum Gasteiger partial charge on any atom is 0.278 e. The number of carbonyl (C=O) groups excluding carboxylic acids is 1. The van der Waals surface area contributed by atoms with E-state index in [-0.39, 0.29) is 11.6 Å². The van der Waals surface area contributed by atoms with Gasteiger partial charge in [0.2, 0.25) is 0 Å². The number of anilines is 1. The molecule has 0 saturated heterocycles. The molecule has 0 aliphatic heterocycles. The predicted octanol–water partition coefficient (Wildman–Crippen LogP) is 6.14. The van der Waals surface area contributed by atoms with Crippen LogP contribution in [0.3, 0.4) is 0 Å². The number of thioether (sulfide) groups is 1. The van der Waals surface area contributed by atoms with Crippen LogP contribution in [0.4, 0.5) is 5.69 Å². The van der Waals surface area contributed by atoms with Crippen molar-refractivity contribution in [3.63, 3.8) is 0 Å². The number of aryl methyl sites for hydroxylation is 4. The standard InChI is InChI=1S/C24H22Cl2N6OS/c1-13-5-6-14(2)20(7-13)29-23(33)22-21(12-34-24-27-15(3)8-16(4)28-24)32(31-30-22)19-10-17(25)9-18(26)11-19/h5-11H,12H2,1-4H3,(H,29,33). The molecular formula is C24H22Cl2N6OS. The molecule has 0 unspecified atom stereocenters. The van der Waals surface area contributed by atoms with E-state index in [2.05, 4.69) is 25.6 Å². The Labute approximate surface area is 211 Å². The van der Waals surface area contributed by atoms with Crippen LogP contribution < -0.4 is 5.32 Å². The summed E-state index contributed by atoms with van der Waals surface area (Å²) in [4.78, 5) is 22.3. The summed E-state index contributed by atoms with van der Waals surface area (Å²) in [5, 5.41) is 12.9. The molecule has 2 heterocycles. The molecule has 0 atom stereocenters. The Morgan fingerprint density at radius 1 is 0.971 bits per heavy atom. The molecule has 7 nitrogen and oxygen atoms in total. The van der Waals surface area contributed by atoms with E-state index in [1.165, 1.54) is 11.8 Å². The zero-order valence-corrected chi connectivity index (χ0v) is 21.4. The van der Waals surface area contributed by atoms with Crippen molar-refractivity contribution < 1.29 is 4.79 Å². The monoisotopic (exact) mass is 512 g/mol. The molecule has 1 amide bonds. The summed E-state index contributed by atoms with van der Waals surface area (Å²) in [6, 6.07) is 12.9. The molecule has 4 rings (SSSR count). The fourth-order valence-corrected chi connectivity index (χ4v) is 4.88. The van der Waals surface area contributed by atoms with Crippen LogP contribution in [0.2, 0.25) is 10.0 Å². The van der Waals surface area contributed by atoms with E-state index >= 15 is 0 Å².